The second-order valence-corrected chi connectivity index (χ2v) is 7.88. The third-order valence-electron chi connectivity index (χ3n) is 4.31. The van der Waals surface area contributed by atoms with Crippen LogP contribution in [0.25, 0.3) is 0 Å². The summed E-state index contributed by atoms with van der Waals surface area (Å²) in [7, 11) is -10.1. The molecule has 0 heterocycles. The molecule has 0 unspecified atom stereocenters. The van der Waals surface area contributed by atoms with E-state index in [4.69, 9.17) is 24.7 Å². The maximum atomic E-state index is 10.6. The zero-order valence-electron chi connectivity index (χ0n) is 14.0. The Kier molecular flexibility index (Phi) is 11.3. The predicted molar refractivity (Wildman–Crippen MR) is 85.4 cm³/mol. The van der Waals surface area contributed by atoms with E-state index in [9.17, 15) is 14.2 Å². The van der Waals surface area contributed by atoms with Gasteiger partial charge in [0.05, 0.1) is 5.60 Å². The zero-order chi connectivity index (χ0) is 18.9. The van der Waals surface area contributed by atoms with Crippen LogP contribution in [0.4, 0.5) is 0 Å². The Morgan fingerprint density at radius 1 is 0.826 bits per heavy atom. The molecular weight excluding hydrogens is 350 g/mol. The number of aliphatic hydroxyl groups is 2. The molecule has 11 heteroatoms. The Labute approximate surface area is 137 Å². The molecule has 0 saturated carbocycles. The molecule has 0 aromatic heterocycles. The Hall–Kier alpha value is 0.180. The standard InChI is InChI=1S/C12H26O2.H4O7P2/c1-5-11(6-2,9-10-13)12(14,7-3)8-4;1-8(2,3)7-9(4,5)6/h13-14H,5-10H2,1-4H3;(H2,1,2,3)(H2,4,5,6). The summed E-state index contributed by atoms with van der Waals surface area (Å²) >= 11 is 0. The van der Waals surface area contributed by atoms with Crippen molar-refractivity contribution >= 4 is 15.6 Å². The molecule has 0 atom stereocenters. The van der Waals surface area contributed by atoms with Crippen LogP contribution in [0.15, 0.2) is 0 Å². The van der Waals surface area contributed by atoms with E-state index in [0.717, 1.165) is 25.7 Å². The molecule has 0 bridgehead atoms. The van der Waals surface area contributed by atoms with Crippen molar-refractivity contribution in [2.24, 2.45) is 5.41 Å². The van der Waals surface area contributed by atoms with Gasteiger partial charge in [-0.1, -0.05) is 27.7 Å². The van der Waals surface area contributed by atoms with E-state index >= 15 is 0 Å². The molecule has 0 aromatic rings. The molecule has 0 spiro atoms. The summed E-state index contributed by atoms with van der Waals surface area (Å²) in [4.78, 5) is 31.0. The van der Waals surface area contributed by atoms with Crippen molar-refractivity contribution in [2.75, 3.05) is 6.61 Å². The topological polar surface area (TPSA) is 165 Å². The maximum absolute atomic E-state index is 10.6. The van der Waals surface area contributed by atoms with Crippen molar-refractivity contribution in [3.63, 3.8) is 0 Å². The van der Waals surface area contributed by atoms with E-state index in [1.165, 1.54) is 0 Å². The molecule has 23 heavy (non-hydrogen) atoms. The normalized spacial score (nSPS) is 13.5. The van der Waals surface area contributed by atoms with Crippen molar-refractivity contribution < 1.29 is 43.2 Å². The van der Waals surface area contributed by atoms with Gasteiger partial charge in [0.15, 0.2) is 0 Å². The summed E-state index contributed by atoms with van der Waals surface area (Å²) in [5.74, 6) is 0. The largest absolute Gasteiger partial charge is 0.478 e. The van der Waals surface area contributed by atoms with Crippen LogP contribution in [0.3, 0.4) is 0 Å². The lowest BCUT2D eigenvalue weighted by Gasteiger charge is -2.46. The first-order valence-corrected chi connectivity index (χ1v) is 10.5. The monoisotopic (exact) mass is 380 g/mol. The first kappa shape index (κ1) is 25.4. The fourth-order valence-corrected chi connectivity index (χ4v) is 3.96. The number of aliphatic hydroxyl groups excluding tert-OH is 1. The van der Waals surface area contributed by atoms with Gasteiger partial charge in [0.25, 0.3) is 0 Å². The van der Waals surface area contributed by atoms with E-state index in [0.29, 0.717) is 6.42 Å². The molecule has 0 aliphatic carbocycles. The highest BCUT2D eigenvalue weighted by atomic mass is 31.3. The van der Waals surface area contributed by atoms with Gasteiger partial charge >= 0.3 is 15.6 Å². The van der Waals surface area contributed by atoms with Gasteiger partial charge in [0.2, 0.25) is 0 Å². The second-order valence-electron chi connectivity index (χ2n) is 5.26. The Balaban J connectivity index is 0. The summed E-state index contributed by atoms with van der Waals surface area (Å²) in [6, 6.07) is 0. The smallest absolute Gasteiger partial charge is 0.396 e. The summed E-state index contributed by atoms with van der Waals surface area (Å²) in [6.07, 6.45) is 4.11. The SMILES string of the molecule is CCC(O)(CC)C(CC)(CC)CCO.O=P(O)(O)OP(=O)(O)O. The average Bonchev–Trinajstić information content (AvgIpc) is 2.40. The minimum absolute atomic E-state index is 0.106. The molecule has 0 aliphatic rings. The van der Waals surface area contributed by atoms with Gasteiger partial charge in [-0.3, -0.25) is 0 Å². The minimum Gasteiger partial charge on any atom is -0.396 e. The van der Waals surface area contributed by atoms with Crippen LogP contribution in [0.2, 0.25) is 0 Å². The van der Waals surface area contributed by atoms with Gasteiger partial charge in [0, 0.05) is 12.0 Å². The molecule has 142 valence electrons. The van der Waals surface area contributed by atoms with E-state index in [-0.39, 0.29) is 12.0 Å². The first-order valence-electron chi connectivity index (χ1n) is 7.42. The highest BCUT2D eigenvalue weighted by Gasteiger charge is 2.44. The number of hydrogen-bond acceptors (Lipinski definition) is 5. The molecule has 0 saturated heterocycles. The van der Waals surface area contributed by atoms with E-state index in [1.807, 2.05) is 13.8 Å². The fraction of sp³-hybridized carbons (Fsp3) is 1.00. The number of phosphoric acid groups is 2. The third-order valence-corrected chi connectivity index (χ3v) is 6.02. The van der Waals surface area contributed by atoms with Crippen LogP contribution in [-0.4, -0.2) is 42.0 Å². The zero-order valence-corrected chi connectivity index (χ0v) is 15.8. The number of rotatable bonds is 9. The molecule has 0 aromatic carbocycles. The van der Waals surface area contributed by atoms with Crippen molar-refractivity contribution in [1.82, 2.24) is 0 Å². The molecule has 0 amide bonds. The molecule has 0 rings (SSSR count). The lowest BCUT2D eigenvalue weighted by Crippen LogP contribution is -2.47. The van der Waals surface area contributed by atoms with E-state index in [2.05, 4.69) is 18.2 Å². The molecule has 0 aliphatic heterocycles. The van der Waals surface area contributed by atoms with Gasteiger partial charge in [-0.15, -0.1) is 0 Å². The van der Waals surface area contributed by atoms with Crippen LogP contribution in [0, 0.1) is 5.41 Å². The molecule has 0 fully saturated rings. The second kappa shape index (κ2) is 10.2. The van der Waals surface area contributed by atoms with Gasteiger partial charge in [-0.25, -0.2) is 9.13 Å². The Morgan fingerprint density at radius 3 is 1.30 bits per heavy atom. The van der Waals surface area contributed by atoms with Crippen molar-refractivity contribution in [1.29, 1.82) is 0 Å². The molecular formula is C12H30O9P2. The van der Waals surface area contributed by atoms with Crippen LogP contribution in [0.1, 0.15) is 59.8 Å². The fourth-order valence-electron chi connectivity index (χ4n) is 2.85. The lowest BCUT2D eigenvalue weighted by molar-refractivity contribution is -0.106. The minimum atomic E-state index is -5.05. The summed E-state index contributed by atoms with van der Waals surface area (Å²) in [6.45, 7) is 8.44. The molecule has 9 nitrogen and oxygen atoms in total. The predicted octanol–water partition coefficient (Wildman–Crippen LogP) is 1.91. The van der Waals surface area contributed by atoms with Crippen LogP contribution in [-0.2, 0) is 13.4 Å². The van der Waals surface area contributed by atoms with E-state index < -0.39 is 21.2 Å². The maximum Gasteiger partial charge on any atom is 0.478 e. The third kappa shape index (κ3) is 9.29. The van der Waals surface area contributed by atoms with Gasteiger partial charge < -0.3 is 29.8 Å². The van der Waals surface area contributed by atoms with Gasteiger partial charge in [-0.2, -0.15) is 4.31 Å². The Morgan fingerprint density at radius 2 is 1.17 bits per heavy atom. The van der Waals surface area contributed by atoms with Crippen molar-refractivity contribution in [3.05, 3.63) is 0 Å². The quantitative estimate of drug-likeness (QED) is 0.328. The van der Waals surface area contributed by atoms with Crippen molar-refractivity contribution in [3.8, 4) is 0 Å². The van der Waals surface area contributed by atoms with Crippen LogP contribution < -0.4 is 0 Å². The highest BCUT2D eigenvalue weighted by molar-refractivity contribution is 7.60. The van der Waals surface area contributed by atoms with Gasteiger partial charge in [0.1, 0.15) is 0 Å². The summed E-state index contributed by atoms with van der Waals surface area (Å²) < 4.78 is 22.2. The van der Waals surface area contributed by atoms with Crippen LogP contribution in [0.5, 0.6) is 0 Å². The number of hydrogen-bond donors (Lipinski definition) is 6. The van der Waals surface area contributed by atoms with Crippen LogP contribution >= 0.6 is 15.6 Å². The van der Waals surface area contributed by atoms with E-state index in [1.54, 1.807) is 0 Å². The summed E-state index contributed by atoms with van der Waals surface area (Å²) in [5, 5.41) is 19.7. The average molecular weight is 380 g/mol. The Bertz CT molecular complexity index is 387. The highest BCUT2D eigenvalue weighted by Crippen LogP contribution is 2.53. The molecule has 0 radical (unpaired) electrons. The van der Waals surface area contributed by atoms with Crippen molar-refractivity contribution in [2.45, 2.75) is 65.4 Å². The first-order chi connectivity index (χ1) is 10.3. The molecule has 6 N–H and O–H groups in total. The summed E-state index contributed by atoms with van der Waals surface area (Å²) in [5.41, 5.74) is -0.718. The van der Waals surface area contributed by atoms with Gasteiger partial charge in [-0.05, 0) is 32.1 Å². The lowest BCUT2D eigenvalue weighted by atomic mass is 9.64.